The second-order valence-corrected chi connectivity index (χ2v) is 8.89. The maximum Gasteiger partial charge on any atom is 0.175 e. The Balaban J connectivity index is 0. The average Bonchev–Trinajstić information content (AvgIpc) is 2.89. The van der Waals surface area contributed by atoms with Crippen molar-refractivity contribution in [3.8, 4) is 0 Å². The van der Waals surface area contributed by atoms with Gasteiger partial charge in [-0.2, -0.15) is 0 Å². The number of carbonyl (C=O) groups is 1. The Morgan fingerprint density at radius 3 is 2.32 bits per heavy atom. The molecule has 37 heavy (non-hydrogen) atoms. The van der Waals surface area contributed by atoms with Gasteiger partial charge < -0.3 is 16.0 Å². The number of Topliss-reactive ketones (excluding diaryl/α,β-unsaturated/α-hetero) is 1. The van der Waals surface area contributed by atoms with Crippen LogP contribution < -0.4 is 11.1 Å². The van der Waals surface area contributed by atoms with E-state index < -0.39 is 0 Å². The van der Waals surface area contributed by atoms with Gasteiger partial charge >= 0.3 is 0 Å². The molecule has 206 valence electrons. The van der Waals surface area contributed by atoms with Crippen molar-refractivity contribution >= 4 is 11.4 Å². The van der Waals surface area contributed by atoms with Gasteiger partial charge in [0, 0.05) is 20.6 Å². The Labute approximate surface area is 228 Å². The van der Waals surface area contributed by atoms with Crippen LogP contribution in [0.3, 0.4) is 0 Å². The first kappa shape index (κ1) is 34.0. The van der Waals surface area contributed by atoms with Crippen LogP contribution in [-0.2, 0) is 11.2 Å². The number of nitrogens with one attached hydrogen (secondary N) is 1. The molecule has 0 spiro atoms. The number of hydrogen-bond acceptors (Lipinski definition) is 4. The van der Waals surface area contributed by atoms with Crippen LogP contribution in [0.1, 0.15) is 66.1 Å². The lowest BCUT2D eigenvalue weighted by atomic mass is 9.82. The molecule has 4 nitrogen and oxygen atoms in total. The second-order valence-electron chi connectivity index (χ2n) is 8.89. The van der Waals surface area contributed by atoms with E-state index in [0.29, 0.717) is 5.92 Å². The summed E-state index contributed by atoms with van der Waals surface area (Å²) >= 11 is 0. The standard InChI is InChI=1S/C28H33NO.C2H7N.C2H6.CH5N.H2/c1-7-9-23-13-14-24(17-20(23)4)27-16-19(3)10-15-26(27)25-12-11-21(5)29(18-25)28(8-2)22(6)30;1-3-2;2*1-2;/h7-8,10-15,17-19,21H,1,9,16H2,2-6H3;3H,1-2H3;1-2H3;2H2,1H3;1H/b28-8-;;;;. The van der Waals surface area contributed by atoms with Gasteiger partial charge in [0.05, 0.1) is 5.70 Å². The zero-order chi connectivity index (χ0) is 28.5. The summed E-state index contributed by atoms with van der Waals surface area (Å²) in [6.07, 6.45) is 16.8. The molecular formula is C33H53N3O. The van der Waals surface area contributed by atoms with Crippen molar-refractivity contribution in [2.75, 3.05) is 21.1 Å². The first-order valence-electron chi connectivity index (χ1n) is 13.4. The molecule has 3 rings (SSSR count). The summed E-state index contributed by atoms with van der Waals surface area (Å²) in [6.45, 7) is 18.0. The SMILES string of the molecule is C=CCc1ccc(C2=C(C3=CN(/C(=C\C)C(C)=O)C(C)C=C3)C=CC(C)C2)cc1C.CC.CN.CNC.[HH]. The summed E-state index contributed by atoms with van der Waals surface area (Å²) in [5.74, 6) is 0.592. The van der Waals surface area contributed by atoms with E-state index in [-0.39, 0.29) is 13.3 Å². The molecule has 1 heterocycles. The van der Waals surface area contributed by atoms with E-state index in [4.69, 9.17) is 0 Å². The molecule has 2 unspecified atom stereocenters. The van der Waals surface area contributed by atoms with E-state index in [9.17, 15) is 4.79 Å². The van der Waals surface area contributed by atoms with E-state index in [1.165, 1.54) is 34.9 Å². The molecule has 0 bridgehead atoms. The van der Waals surface area contributed by atoms with Gasteiger partial charge in [0.25, 0.3) is 0 Å². The molecule has 2 aliphatic rings. The van der Waals surface area contributed by atoms with Crippen LogP contribution in [0.15, 0.2) is 84.3 Å². The number of nitrogens with zero attached hydrogens (tertiary/aromatic N) is 1. The molecule has 4 heteroatoms. The summed E-state index contributed by atoms with van der Waals surface area (Å²) in [5, 5.41) is 2.75. The molecule has 3 N–H and O–H groups in total. The van der Waals surface area contributed by atoms with Crippen molar-refractivity contribution < 1.29 is 6.22 Å². The van der Waals surface area contributed by atoms with E-state index >= 15 is 0 Å². The summed E-state index contributed by atoms with van der Waals surface area (Å²) in [7, 11) is 5.25. The fourth-order valence-electron chi connectivity index (χ4n) is 4.30. The number of benzene rings is 1. The van der Waals surface area contributed by atoms with Crippen LogP contribution in [0.2, 0.25) is 0 Å². The topological polar surface area (TPSA) is 58.4 Å². The molecule has 1 aliphatic heterocycles. The Hall–Kier alpha value is -2.95. The van der Waals surface area contributed by atoms with E-state index in [1.54, 1.807) is 6.92 Å². The van der Waals surface area contributed by atoms with Gasteiger partial charge in [-0.15, -0.1) is 6.58 Å². The predicted octanol–water partition coefficient (Wildman–Crippen LogP) is 7.39. The minimum Gasteiger partial charge on any atom is -0.338 e. The zero-order valence-electron chi connectivity index (χ0n) is 25.0. The first-order chi connectivity index (χ1) is 17.8. The van der Waals surface area contributed by atoms with E-state index in [2.05, 4.69) is 92.0 Å². The molecule has 0 radical (unpaired) electrons. The highest BCUT2D eigenvalue weighted by molar-refractivity contribution is 5.93. The quantitative estimate of drug-likeness (QED) is 0.311. The second kappa shape index (κ2) is 18.3. The number of rotatable bonds is 6. The van der Waals surface area contributed by atoms with Gasteiger partial charge in [0.2, 0.25) is 0 Å². The normalized spacial score (nSPS) is 18.4. The van der Waals surface area contributed by atoms with Gasteiger partial charge in [-0.1, -0.05) is 75.4 Å². The van der Waals surface area contributed by atoms with Crippen LogP contribution in [0.5, 0.6) is 0 Å². The first-order valence-corrected chi connectivity index (χ1v) is 13.4. The summed E-state index contributed by atoms with van der Waals surface area (Å²) < 4.78 is 0. The number of carbonyl (C=O) groups excluding carboxylic acids is 1. The summed E-state index contributed by atoms with van der Waals surface area (Å²) in [6, 6.07) is 6.93. The van der Waals surface area contributed by atoms with Gasteiger partial charge in [-0.05, 0) is 94.1 Å². The third-order valence-electron chi connectivity index (χ3n) is 5.99. The highest BCUT2D eigenvalue weighted by atomic mass is 16.1. The van der Waals surface area contributed by atoms with Gasteiger partial charge in [0.15, 0.2) is 5.78 Å². The van der Waals surface area contributed by atoms with Crippen molar-refractivity contribution in [2.45, 2.75) is 67.3 Å². The van der Waals surface area contributed by atoms with Gasteiger partial charge in [0.1, 0.15) is 0 Å². The third-order valence-corrected chi connectivity index (χ3v) is 5.99. The molecule has 0 saturated carbocycles. The fourth-order valence-corrected chi connectivity index (χ4v) is 4.30. The van der Waals surface area contributed by atoms with Crippen molar-refractivity contribution in [3.63, 3.8) is 0 Å². The van der Waals surface area contributed by atoms with Gasteiger partial charge in [-0.3, -0.25) is 4.79 Å². The van der Waals surface area contributed by atoms with Crippen LogP contribution in [0.25, 0.3) is 5.57 Å². The van der Waals surface area contributed by atoms with Crippen molar-refractivity contribution in [3.05, 3.63) is 101 Å². The molecule has 0 fully saturated rings. The van der Waals surface area contributed by atoms with Crippen molar-refractivity contribution in [1.29, 1.82) is 0 Å². The van der Waals surface area contributed by atoms with Crippen molar-refractivity contribution in [1.82, 2.24) is 10.2 Å². The number of allylic oxidation sites excluding steroid dienone is 9. The average molecular weight is 508 g/mol. The van der Waals surface area contributed by atoms with Crippen LogP contribution in [-0.4, -0.2) is 37.9 Å². The lowest BCUT2D eigenvalue weighted by molar-refractivity contribution is -0.114. The number of ketones is 1. The fraction of sp³-hybridized carbons (Fsp3) is 0.424. The smallest absolute Gasteiger partial charge is 0.175 e. The maximum absolute atomic E-state index is 12.2. The summed E-state index contributed by atoms with van der Waals surface area (Å²) in [5.41, 5.74) is 12.9. The molecule has 0 amide bonds. The monoisotopic (exact) mass is 507 g/mol. The highest BCUT2D eigenvalue weighted by Crippen LogP contribution is 2.37. The minimum atomic E-state index is 0. The Morgan fingerprint density at radius 2 is 1.81 bits per heavy atom. The highest BCUT2D eigenvalue weighted by Gasteiger charge is 2.23. The van der Waals surface area contributed by atoms with Gasteiger partial charge in [-0.25, -0.2) is 0 Å². The largest absolute Gasteiger partial charge is 0.338 e. The maximum atomic E-state index is 12.2. The molecule has 2 atom stereocenters. The number of nitrogens with two attached hydrogens (primary N) is 1. The molecule has 1 aromatic rings. The number of aryl methyl sites for hydroxylation is 1. The predicted molar refractivity (Wildman–Crippen MR) is 166 cm³/mol. The lowest BCUT2D eigenvalue weighted by Gasteiger charge is -2.32. The van der Waals surface area contributed by atoms with E-state index in [0.717, 1.165) is 24.1 Å². The summed E-state index contributed by atoms with van der Waals surface area (Å²) in [4.78, 5) is 14.2. The van der Waals surface area contributed by atoms with Crippen LogP contribution >= 0.6 is 0 Å². The number of hydrogen-bond donors (Lipinski definition) is 2. The lowest BCUT2D eigenvalue weighted by Crippen LogP contribution is -2.31. The van der Waals surface area contributed by atoms with E-state index in [1.807, 2.05) is 47.0 Å². The Kier molecular flexibility index (Phi) is 16.9. The Bertz CT molecular complexity index is 1030. The molecule has 0 aromatic heterocycles. The molecule has 0 saturated heterocycles. The third kappa shape index (κ3) is 9.79. The van der Waals surface area contributed by atoms with Crippen molar-refractivity contribution in [2.24, 2.45) is 11.7 Å². The molecule has 1 aliphatic carbocycles. The van der Waals surface area contributed by atoms with Crippen LogP contribution in [0.4, 0.5) is 0 Å². The molecule has 1 aromatic carbocycles. The Morgan fingerprint density at radius 1 is 1.19 bits per heavy atom. The van der Waals surface area contributed by atoms with Crippen LogP contribution in [0, 0.1) is 12.8 Å². The zero-order valence-corrected chi connectivity index (χ0v) is 25.0. The molecular weight excluding hydrogens is 454 g/mol. The minimum absolute atomic E-state index is 0.